The van der Waals surface area contributed by atoms with Crippen molar-refractivity contribution in [2.45, 2.75) is 18.3 Å². The Labute approximate surface area is 208 Å². The summed E-state index contributed by atoms with van der Waals surface area (Å²) in [6.07, 6.45) is -0.952. The molecule has 0 radical (unpaired) electrons. The zero-order chi connectivity index (χ0) is 23.9. The van der Waals surface area contributed by atoms with Crippen molar-refractivity contribution in [3.63, 3.8) is 0 Å². The van der Waals surface area contributed by atoms with Gasteiger partial charge in [0, 0.05) is 33.9 Å². The number of hydrogen-bond acceptors (Lipinski definition) is 2. The van der Waals surface area contributed by atoms with Gasteiger partial charge in [-0.3, -0.25) is 4.98 Å². The Balaban J connectivity index is 1.66. The van der Waals surface area contributed by atoms with Crippen LogP contribution in [-0.2, 0) is 6.18 Å². The predicted molar refractivity (Wildman–Crippen MR) is 133 cm³/mol. The summed E-state index contributed by atoms with van der Waals surface area (Å²) in [6.45, 7) is 0. The fraction of sp³-hybridized carbons (Fsp3) is 0.120. The average Bonchev–Trinajstić information content (AvgIpc) is 3.44. The quantitative estimate of drug-likeness (QED) is 0.286. The molecule has 1 saturated heterocycles. The van der Waals surface area contributed by atoms with Gasteiger partial charge in [-0.15, -0.1) is 0 Å². The van der Waals surface area contributed by atoms with Crippen LogP contribution >= 0.6 is 28.1 Å². The maximum atomic E-state index is 13.4. The molecule has 2 atom stereocenters. The van der Waals surface area contributed by atoms with E-state index in [0.29, 0.717) is 10.8 Å². The lowest BCUT2D eigenvalue weighted by Gasteiger charge is -2.29. The molecule has 172 valence electrons. The Morgan fingerprint density at radius 2 is 1.71 bits per heavy atom. The number of aromatic nitrogens is 2. The number of nitrogens with zero attached hydrogens (tertiary/aromatic N) is 3. The van der Waals surface area contributed by atoms with Crippen molar-refractivity contribution >= 4 is 38.9 Å². The van der Waals surface area contributed by atoms with Gasteiger partial charge < -0.3 is 14.8 Å². The van der Waals surface area contributed by atoms with Crippen LogP contribution in [0.5, 0.6) is 0 Å². The number of alkyl halides is 3. The zero-order valence-corrected chi connectivity index (χ0v) is 20.0. The molecule has 0 unspecified atom stereocenters. The van der Waals surface area contributed by atoms with Crippen LogP contribution in [0.3, 0.4) is 0 Å². The van der Waals surface area contributed by atoms with E-state index >= 15 is 0 Å². The molecule has 4 nitrogen and oxygen atoms in total. The first-order valence-electron chi connectivity index (χ1n) is 10.4. The molecular formula is C25H18BrF3N4S. The number of nitrogens with one attached hydrogen (secondary N) is 1. The summed E-state index contributed by atoms with van der Waals surface area (Å²) < 4.78 is 42.9. The molecule has 0 aliphatic carbocycles. The number of rotatable bonds is 4. The van der Waals surface area contributed by atoms with Crippen LogP contribution in [-0.4, -0.2) is 14.7 Å². The van der Waals surface area contributed by atoms with Crippen molar-refractivity contribution in [3.05, 3.63) is 113 Å². The summed E-state index contributed by atoms with van der Waals surface area (Å²) in [7, 11) is 0. The monoisotopic (exact) mass is 542 g/mol. The molecule has 0 spiro atoms. The highest BCUT2D eigenvalue weighted by Crippen LogP contribution is 2.42. The molecule has 1 fully saturated rings. The first-order valence-corrected chi connectivity index (χ1v) is 11.6. The van der Waals surface area contributed by atoms with Gasteiger partial charge in [-0.05, 0) is 78.9 Å². The lowest BCUT2D eigenvalue weighted by molar-refractivity contribution is -0.137. The van der Waals surface area contributed by atoms with Crippen LogP contribution < -0.4 is 10.2 Å². The van der Waals surface area contributed by atoms with Gasteiger partial charge in [0.25, 0.3) is 0 Å². The highest BCUT2D eigenvalue weighted by Gasteiger charge is 2.42. The van der Waals surface area contributed by atoms with E-state index in [1.807, 2.05) is 59.5 Å². The molecular weight excluding hydrogens is 525 g/mol. The number of thiocarbonyl (C=S) groups is 1. The first-order chi connectivity index (χ1) is 16.3. The summed E-state index contributed by atoms with van der Waals surface area (Å²) in [5.74, 6) is 0. The van der Waals surface area contributed by atoms with Crippen molar-refractivity contribution < 1.29 is 13.2 Å². The van der Waals surface area contributed by atoms with Gasteiger partial charge >= 0.3 is 6.18 Å². The van der Waals surface area contributed by atoms with Crippen molar-refractivity contribution in [2.24, 2.45) is 0 Å². The first kappa shape index (κ1) is 22.6. The van der Waals surface area contributed by atoms with Crippen LogP contribution in [0.2, 0.25) is 0 Å². The minimum atomic E-state index is -4.43. The van der Waals surface area contributed by atoms with E-state index in [0.717, 1.165) is 33.7 Å². The number of hydrogen-bond donors (Lipinski definition) is 1. The van der Waals surface area contributed by atoms with E-state index < -0.39 is 11.7 Å². The van der Waals surface area contributed by atoms with E-state index in [-0.39, 0.29) is 12.1 Å². The molecule has 1 N–H and O–H groups in total. The number of halogens is 4. The molecule has 3 heterocycles. The molecule has 2 aromatic carbocycles. The number of benzene rings is 2. The SMILES string of the molecule is FC(F)(F)c1cccc(-n2cccc2[C@H]2[C@H](c3ccccn3)NC(=S)N2c2ccc(Br)cc2)c1. The fourth-order valence-corrected chi connectivity index (χ4v) is 4.85. The molecule has 0 saturated carbocycles. The van der Waals surface area contributed by atoms with E-state index in [2.05, 4.69) is 26.2 Å². The molecule has 34 heavy (non-hydrogen) atoms. The lowest BCUT2D eigenvalue weighted by atomic mass is 10.0. The third-order valence-corrected chi connectivity index (χ3v) is 6.58. The highest BCUT2D eigenvalue weighted by molar-refractivity contribution is 9.10. The van der Waals surface area contributed by atoms with Gasteiger partial charge in [-0.1, -0.05) is 28.1 Å². The second-order valence-electron chi connectivity index (χ2n) is 7.82. The highest BCUT2D eigenvalue weighted by atomic mass is 79.9. The second kappa shape index (κ2) is 8.88. The Morgan fingerprint density at radius 3 is 2.41 bits per heavy atom. The Morgan fingerprint density at radius 1 is 0.912 bits per heavy atom. The largest absolute Gasteiger partial charge is 0.416 e. The van der Waals surface area contributed by atoms with Gasteiger partial charge in [0.2, 0.25) is 0 Å². The summed E-state index contributed by atoms with van der Waals surface area (Å²) in [4.78, 5) is 6.52. The number of pyridine rings is 1. The minimum absolute atomic E-state index is 0.309. The van der Waals surface area contributed by atoms with Crippen LogP contribution in [0.1, 0.15) is 29.0 Å². The number of anilines is 1. The predicted octanol–water partition coefficient (Wildman–Crippen LogP) is 6.83. The molecule has 4 aromatic rings. The third kappa shape index (κ3) is 4.21. The van der Waals surface area contributed by atoms with E-state index in [1.165, 1.54) is 6.07 Å². The van der Waals surface area contributed by atoms with Crippen LogP contribution in [0.15, 0.2) is 95.7 Å². The zero-order valence-electron chi connectivity index (χ0n) is 17.6. The van der Waals surface area contributed by atoms with E-state index in [4.69, 9.17) is 12.2 Å². The standard InChI is InChI=1S/C25H18BrF3N4S/c26-17-9-11-18(12-10-17)33-23(22(31-24(33)34)20-7-1-2-13-30-20)21-8-4-14-32(21)19-6-3-5-16(15-19)25(27,28)29/h1-15,22-23H,(H,31,34)/t22-,23-/m0/s1. The fourth-order valence-electron chi connectivity index (χ4n) is 4.24. The lowest BCUT2D eigenvalue weighted by Crippen LogP contribution is -2.30. The van der Waals surface area contributed by atoms with Crippen molar-refractivity contribution in [1.29, 1.82) is 0 Å². The van der Waals surface area contributed by atoms with Crippen molar-refractivity contribution in [3.8, 4) is 5.69 Å². The van der Waals surface area contributed by atoms with Gasteiger partial charge in [0.05, 0.1) is 17.3 Å². The van der Waals surface area contributed by atoms with Gasteiger partial charge in [0.1, 0.15) is 6.04 Å². The Kier molecular flexibility index (Phi) is 5.91. The summed E-state index contributed by atoms with van der Waals surface area (Å²) in [5, 5.41) is 3.89. The minimum Gasteiger partial charge on any atom is -0.351 e. The van der Waals surface area contributed by atoms with Gasteiger partial charge in [-0.25, -0.2) is 0 Å². The second-order valence-corrected chi connectivity index (χ2v) is 9.13. The maximum Gasteiger partial charge on any atom is 0.416 e. The van der Waals surface area contributed by atoms with Crippen LogP contribution in [0.25, 0.3) is 5.69 Å². The van der Waals surface area contributed by atoms with Crippen molar-refractivity contribution in [2.75, 3.05) is 4.90 Å². The Bertz CT molecular complexity index is 1320. The van der Waals surface area contributed by atoms with E-state index in [9.17, 15) is 13.2 Å². The molecule has 0 bridgehead atoms. The molecule has 5 rings (SSSR count). The molecule has 2 aromatic heterocycles. The molecule has 1 aliphatic heterocycles. The van der Waals surface area contributed by atoms with E-state index in [1.54, 1.807) is 23.0 Å². The summed E-state index contributed by atoms with van der Waals surface area (Å²) in [6, 6.07) is 21.8. The topological polar surface area (TPSA) is 33.1 Å². The van der Waals surface area contributed by atoms with Crippen molar-refractivity contribution in [1.82, 2.24) is 14.9 Å². The van der Waals surface area contributed by atoms with Crippen LogP contribution in [0, 0.1) is 0 Å². The molecule has 1 aliphatic rings. The van der Waals surface area contributed by atoms with Crippen LogP contribution in [0.4, 0.5) is 18.9 Å². The smallest absolute Gasteiger partial charge is 0.351 e. The van der Waals surface area contributed by atoms with Gasteiger partial charge in [-0.2, -0.15) is 13.2 Å². The van der Waals surface area contributed by atoms with Gasteiger partial charge in [0.15, 0.2) is 5.11 Å². The third-order valence-electron chi connectivity index (χ3n) is 5.74. The summed E-state index contributed by atoms with van der Waals surface area (Å²) in [5.41, 5.74) is 2.15. The normalized spacial score (nSPS) is 18.2. The maximum absolute atomic E-state index is 13.4. The average molecular weight is 543 g/mol. The molecule has 9 heteroatoms. The molecule has 0 amide bonds. The Hall–Kier alpha value is -3.17. The summed E-state index contributed by atoms with van der Waals surface area (Å²) >= 11 is 9.19.